The molecule has 5 nitrogen and oxygen atoms in total. The molecule has 2 rings (SSSR count). The monoisotopic (exact) mass is 304 g/mol. The Kier molecular flexibility index (Phi) is 6.40. The molecule has 0 radical (unpaired) electrons. The Bertz CT molecular complexity index is 495. The third kappa shape index (κ3) is 6.26. The Morgan fingerprint density at radius 2 is 1.91 bits per heavy atom. The number of carbonyl (C=O) groups excluding carboxylic acids is 2. The molecule has 1 aliphatic rings. The third-order valence-corrected chi connectivity index (χ3v) is 3.56. The molecule has 0 atom stereocenters. The van der Waals surface area contributed by atoms with Crippen molar-refractivity contribution in [1.82, 2.24) is 10.6 Å². The van der Waals surface area contributed by atoms with E-state index in [-0.39, 0.29) is 11.8 Å². The van der Waals surface area contributed by atoms with Crippen LogP contribution in [-0.2, 0) is 16.1 Å². The van der Waals surface area contributed by atoms with E-state index in [0.29, 0.717) is 25.3 Å². The SMILES string of the molecule is CC(=O)NCc1ccc(C(=O)NCCCOCC2CC2)cc1. The summed E-state index contributed by atoms with van der Waals surface area (Å²) in [5.74, 6) is 0.643. The van der Waals surface area contributed by atoms with Crippen LogP contribution < -0.4 is 10.6 Å². The maximum Gasteiger partial charge on any atom is 0.251 e. The number of rotatable bonds is 9. The van der Waals surface area contributed by atoms with Gasteiger partial charge < -0.3 is 15.4 Å². The molecular formula is C17H24N2O3. The summed E-state index contributed by atoms with van der Waals surface area (Å²) >= 11 is 0. The molecular weight excluding hydrogens is 280 g/mol. The van der Waals surface area contributed by atoms with Gasteiger partial charge in [-0.3, -0.25) is 9.59 Å². The Balaban J connectivity index is 1.62. The lowest BCUT2D eigenvalue weighted by Crippen LogP contribution is -2.25. The number of carbonyl (C=O) groups is 2. The Hall–Kier alpha value is -1.88. The molecule has 2 amide bonds. The summed E-state index contributed by atoms with van der Waals surface area (Å²) in [5, 5.41) is 5.61. The van der Waals surface area contributed by atoms with Crippen molar-refractivity contribution in [3.63, 3.8) is 0 Å². The van der Waals surface area contributed by atoms with E-state index in [1.807, 2.05) is 12.1 Å². The molecule has 0 spiro atoms. The molecule has 2 N–H and O–H groups in total. The van der Waals surface area contributed by atoms with E-state index < -0.39 is 0 Å². The Morgan fingerprint density at radius 1 is 1.18 bits per heavy atom. The average molecular weight is 304 g/mol. The first-order valence-electron chi connectivity index (χ1n) is 7.84. The average Bonchev–Trinajstić information content (AvgIpc) is 3.33. The smallest absolute Gasteiger partial charge is 0.251 e. The van der Waals surface area contributed by atoms with Crippen LogP contribution in [-0.4, -0.2) is 31.6 Å². The number of amides is 2. The van der Waals surface area contributed by atoms with Crippen molar-refractivity contribution in [2.24, 2.45) is 5.92 Å². The van der Waals surface area contributed by atoms with Gasteiger partial charge in [0.25, 0.3) is 5.91 Å². The van der Waals surface area contributed by atoms with Gasteiger partial charge in [0.05, 0.1) is 0 Å². The predicted molar refractivity (Wildman–Crippen MR) is 84.5 cm³/mol. The van der Waals surface area contributed by atoms with Gasteiger partial charge >= 0.3 is 0 Å². The molecule has 1 aromatic rings. The summed E-state index contributed by atoms with van der Waals surface area (Å²) in [6, 6.07) is 7.25. The van der Waals surface area contributed by atoms with Crippen molar-refractivity contribution in [3.8, 4) is 0 Å². The standard InChI is InChI=1S/C17H24N2O3/c1-13(20)19-11-14-5-7-16(8-6-14)17(21)18-9-2-10-22-12-15-3-4-15/h5-8,15H,2-4,9-12H2,1H3,(H,18,21)(H,19,20). The number of benzene rings is 1. The van der Waals surface area contributed by atoms with Crippen LogP contribution in [0.25, 0.3) is 0 Å². The molecule has 0 heterocycles. The van der Waals surface area contributed by atoms with Crippen LogP contribution in [0.1, 0.15) is 42.1 Å². The van der Waals surface area contributed by atoms with Gasteiger partial charge in [-0.2, -0.15) is 0 Å². The summed E-state index contributed by atoms with van der Waals surface area (Å²) in [6.07, 6.45) is 3.43. The first-order valence-corrected chi connectivity index (χ1v) is 7.84. The molecule has 1 fully saturated rings. The minimum atomic E-state index is -0.0757. The quantitative estimate of drug-likeness (QED) is 0.684. The van der Waals surface area contributed by atoms with Gasteiger partial charge in [0.2, 0.25) is 5.91 Å². The highest BCUT2D eigenvalue weighted by atomic mass is 16.5. The number of hydrogen-bond donors (Lipinski definition) is 2. The van der Waals surface area contributed by atoms with Crippen molar-refractivity contribution < 1.29 is 14.3 Å². The lowest BCUT2D eigenvalue weighted by atomic mass is 10.1. The third-order valence-electron chi connectivity index (χ3n) is 3.56. The minimum absolute atomic E-state index is 0.0641. The van der Waals surface area contributed by atoms with Crippen molar-refractivity contribution in [2.75, 3.05) is 19.8 Å². The highest BCUT2D eigenvalue weighted by molar-refractivity contribution is 5.94. The maximum absolute atomic E-state index is 12.0. The van der Waals surface area contributed by atoms with Crippen molar-refractivity contribution in [3.05, 3.63) is 35.4 Å². The molecule has 0 bridgehead atoms. The first kappa shape index (κ1) is 16.5. The van der Waals surface area contributed by atoms with Gasteiger partial charge in [-0.15, -0.1) is 0 Å². The molecule has 0 unspecified atom stereocenters. The summed E-state index contributed by atoms with van der Waals surface area (Å²) in [6.45, 7) is 4.15. The van der Waals surface area contributed by atoms with Gasteiger partial charge in [0.1, 0.15) is 0 Å². The molecule has 1 aliphatic carbocycles. The summed E-state index contributed by atoms with van der Waals surface area (Å²) < 4.78 is 5.52. The van der Waals surface area contributed by atoms with Gasteiger partial charge in [-0.05, 0) is 42.9 Å². The van der Waals surface area contributed by atoms with Gasteiger partial charge in [-0.1, -0.05) is 12.1 Å². The number of ether oxygens (including phenoxy) is 1. The van der Waals surface area contributed by atoms with E-state index >= 15 is 0 Å². The second kappa shape index (κ2) is 8.54. The van der Waals surface area contributed by atoms with E-state index in [2.05, 4.69) is 10.6 Å². The summed E-state index contributed by atoms with van der Waals surface area (Å²) in [5.41, 5.74) is 1.60. The summed E-state index contributed by atoms with van der Waals surface area (Å²) in [7, 11) is 0. The highest BCUT2D eigenvalue weighted by Gasteiger charge is 2.20. The number of nitrogens with one attached hydrogen (secondary N) is 2. The first-order chi connectivity index (χ1) is 10.6. The lowest BCUT2D eigenvalue weighted by molar-refractivity contribution is -0.119. The Morgan fingerprint density at radius 3 is 2.55 bits per heavy atom. The molecule has 0 aromatic heterocycles. The molecule has 22 heavy (non-hydrogen) atoms. The van der Waals surface area contributed by atoms with E-state index in [4.69, 9.17) is 4.74 Å². The fourth-order valence-corrected chi connectivity index (χ4v) is 2.01. The zero-order valence-electron chi connectivity index (χ0n) is 13.1. The molecule has 0 saturated heterocycles. The van der Waals surface area contributed by atoms with E-state index in [1.54, 1.807) is 12.1 Å². The van der Waals surface area contributed by atoms with E-state index in [9.17, 15) is 9.59 Å². The fraction of sp³-hybridized carbons (Fsp3) is 0.529. The molecule has 1 saturated carbocycles. The van der Waals surface area contributed by atoms with Crippen molar-refractivity contribution in [2.45, 2.75) is 32.7 Å². The fourth-order valence-electron chi connectivity index (χ4n) is 2.01. The van der Waals surface area contributed by atoms with Gasteiger partial charge in [-0.25, -0.2) is 0 Å². The minimum Gasteiger partial charge on any atom is -0.381 e. The van der Waals surface area contributed by atoms with Crippen LogP contribution in [0.4, 0.5) is 0 Å². The topological polar surface area (TPSA) is 67.4 Å². The largest absolute Gasteiger partial charge is 0.381 e. The number of hydrogen-bond acceptors (Lipinski definition) is 3. The van der Waals surface area contributed by atoms with Gasteiger partial charge in [0.15, 0.2) is 0 Å². The molecule has 5 heteroatoms. The van der Waals surface area contributed by atoms with Crippen LogP contribution in [0.3, 0.4) is 0 Å². The van der Waals surface area contributed by atoms with Gasteiger partial charge in [0, 0.05) is 38.8 Å². The zero-order valence-corrected chi connectivity index (χ0v) is 13.1. The second-order valence-electron chi connectivity index (χ2n) is 5.73. The van der Waals surface area contributed by atoms with Crippen molar-refractivity contribution in [1.29, 1.82) is 0 Å². The normalized spacial score (nSPS) is 13.7. The Labute approximate surface area is 131 Å². The second-order valence-corrected chi connectivity index (χ2v) is 5.73. The van der Waals surface area contributed by atoms with E-state index in [0.717, 1.165) is 24.5 Å². The highest BCUT2D eigenvalue weighted by Crippen LogP contribution is 2.28. The van der Waals surface area contributed by atoms with Crippen LogP contribution in [0.15, 0.2) is 24.3 Å². The predicted octanol–water partition coefficient (Wildman–Crippen LogP) is 1.87. The maximum atomic E-state index is 12.0. The van der Waals surface area contributed by atoms with Crippen molar-refractivity contribution >= 4 is 11.8 Å². The van der Waals surface area contributed by atoms with Crippen LogP contribution in [0.5, 0.6) is 0 Å². The zero-order chi connectivity index (χ0) is 15.8. The van der Waals surface area contributed by atoms with Crippen LogP contribution >= 0.6 is 0 Å². The molecule has 1 aromatic carbocycles. The van der Waals surface area contributed by atoms with E-state index in [1.165, 1.54) is 19.8 Å². The van der Waals surface area contributed by atoms with Crippen LogP contribution in [0, 0.1) is 5.92 Å². The van der Waals surface area contributed by atoms with Crippen LogP contribution in [0.2, 0.25) is 0 Å². The summed E-state index contributed by atoms with van der Waals surface area (Å²) in [4.78, 5) is 22.8. The molecule has 0 aliphatic heterocycles. The molecule has 120 valence electrons. The lowest BCUT2D eigenvalue weighted by Gasteiger charge is -2.07.